The fraction of sp³-hybridized carbons (Fsp3) is 0.429. The molecule has 162 valence electrons. The maximum atomic E-state index is 12.8. The quantitative estimate of drug-likeness (QED) is 0.622. The van der Waals surface area contributed by atoms with E-state index in [9.17, 15) is 13.6 Å². The van der Waals surface area contributed by atoms with E-state index in [0.29, 0.717) is 41.4 Å². The molecular formula is C21H22F2N6O2. The van der Waals surface area contributed by atoms with Crippen molar-refractivity contribution in [1.29, 1.82) is 0 Å². The lowest BCUT2D eigenvalue weighted by Gasteiger charge is -2.48. The molecule has 0 aliphatic carbocycles. The van der Waals surface area contributed by atoms with Gasteiger partial charge in [0.2, 0.25) is 0 Å². The van der Waals surface area contributed by atoms with Gasteiger partial charge >= 0.3 is 0 Å². The minimum absolute atomic E-state index is 0.0000806. The lowest BCUT2D eigenvalue weighted by atomic mass is 9.78. The summed E-state index contributed by atoms with van der Waals surface area (Å²) in [5.41, 5.74) is 1.50. The van der Waals surface area contributed by atoms with Crippen LogP contribution < -0.4 is 9.64 Å². The maximum Gasteiger partial charge on any atom is 0.258 e. The van der Waals surface area contributed by atoms with Crippen molar-refractivity contribution in [2.45, 2.75) is 19.4 Å². The number of methoxy groups -OCH3 is 1. The van der Waals surface area contributed by atoms with Crippen LogP contribution in [0.25, 0.3) is 11.2 Å². The van der Waals surface area contributed by atoms with Gasteiger partial charge < -0.3 is 14.5 Å². The Morgan fingerprint density at radius 1 is 1.26 bits per heavy atom. The number of alkyl halides is 2. The molecule has 1 amide bonds. The average Bonchev–Trinajstić information content (AvgIpc) is 3.36. The number of hydrogen-bond acceptors (Lipinski definition) is 6. The smallest absolute Gasteiger partial charge is 0.258 e. The molecule has 5 rings (SSSR count). The van der Waals surface area contributed by atoms with E-state index in [1.807, 2.05) is 17.0 Å². The molecule has 8 nitrogen and oxygen atoms in total. The van der Waals surface area contributed by atoms with E-state index in [0.717, 1.165) is 19.5 Å². The van der Waals surface area contributed by atoms with E-state index >= 15 is 0 Å². The summed E-state index contributed by atoms with van der Waals surface area (Å²) < 4.78 is 32.0. The third kappa shape index (κ3) is 3.55. The van der Waals surface area contributed by atoms with Crippen molar-refractivity contribution >= 4 is 22.9 Å². The molecule has 10 heteroatoms. The van der Waals surface area contributed by atoms with Gasteiger partial charge in [0, 0.05) is 37.2 Å². The third-order valence-electron chi connectivity index (χ3n) is 6.06. The molecule has 1 spiro atoms. The molecule has 4 heterocycles. The van der Waals surface area contributed by atoms with Crippen LogP contribution in [-0.4, -0.2) is 70.3 Å². The summed E-state index contributed by atoms with van der Waals surface area (Å²) in [6.45, 7) is 2.38. The first-order valence-corrected chi connectivity index (χ1v) is 10.1. The number of fused-ring (bicyclic) bond motifs is 1. The molecule has 0 atom stereocenters. The van der Waals surface area contributed by atoms with Crippen LogP contribution in [0.3, 0.4) is 0 Å². The second-order valence-electron chi connectivity index (χ2n) is 8.22. The van der Waals surface area contributed by atoms with Gasteiger partial charge in [0.25, 0.3) is 12.3 Å². The van der Waals surface area contributed by atoms with Crippen LogP contribution >= 0.6 is 0 Å². The van der Waals surface area contributed by atoms with Gasteiger partial charge in [-0.05, 0) is 24.6 Å². The highest BCUT2D eigenvalue weighted by Gasteiger charge is 2.49. The lowest BCUT2D eigenvalue weighted by molar-refractivity contribution is 0.0167. The fourth-order valence-corrected chi connectivity index (χ4v) is 4.49. The van der Waals surface area contributed by atoms with Crippen molar-refractivity contribution in [2.75, 3.05) is 38.2 Å². The van der Waals surface area contributed by atoms with Crippen molar-refractivity contribution in [3.8, 4) is 5.75 Å². The van der Waals surface area contributed by atoms with E-state index in [2.05, 4.69) is 20.0 Å². The molecule has 0 radical (unpaired) electrons. The van der Waals surface area contributed by atoms with Crippen molar-refractivity contribution in [2.24, 2.45) is 5.41 Å². The molecule has 0 N–H and O–H groups in total. The summed E-state index contributed by atoms with van der Waals surface area (Å²) in [4.78, 5) is 25.6. The molecule has 2 aliphatic heterocycles. The van der Waals surface area contributed by atoms with Crippen LogP contribution in [0, 0.1) is 5.41 Å². The number of carbonyl (C=O) groups is 1. The van der Waals surface area contributed by atoms with Crippen LogP contribution in [0.5, 0.6) is 5.75 Å². The highest BCUT2D eigenvalue weighted by Crippen LogP contribution is 2.41. The van der Waals surface area contributed by atoms with Crippen LogP contribution in [-0.2, 0) is 6.54 Å². The number of benzene rings is 1. The standard InChI is InChI=1S/C21H22F2N6O2/c1-31-15-4-2-3-14(7-15)20(30)28-12-21(13-28)5-6-27(11-21)18-9-24-16-8-25-29(10-17(22)23)19(16)26-18/h2-4,7-9,17H,5-6,10-13H2,1H3. The molecule has 31 heavy (non-hydrogen) atoms. The average molecular weight is 428 g/mol. The number of anilines is 1. The molecule has 2 fully saturated rings. The summed E-state index contributed by atoms with van der Waals surface area (Å²) in [6, 6.07) is 7.17. The van der Waals surface area contributed by atoms with Crippen LogP contribution in [0.4, 0.5) is 14.6 Å². The van der Waals surface area contributed by atoms with Crippen molar-refractivity contribution in [1.82, 2.24) is 24.6 Å². The number of ether oxygens (including phenoxy) is 1. The zero-order valence-corrected chi connectivity index (χ0v) is 17.0. The van der Waals surface area contributed by atoms with Gasteiger partial charge in [0.15, 0.2) is 5.65 Å². The summed E-state index contributed by atoms with van der Waals surface area (Å²) >= 11 is 0. The van der Waals surface area contributed by atoms with E-state index in [4.69, 9.17) is 4.74 Å². The second kappa shape index (κ2) is 7.44. The number of rotatable bonds is 5. The Morgan fingerprint density at radius 2 is 2.10 bits per heavy atom. The molecule has 2 aromatic heterocycles. The van der Waals surface area contributed by atoms with Crippen molar-refractivity contribution in [3.05, 3.63) is 42.2 Å². The lowest BCUT2D eigenvalue weighted by Crippen LogP contribution is -2.59. The van der Waals surface area contributed by atoms with Crippen LogP contribution in [0.15, 0.2) is 36.7 Å². The van der Waals surface area contributed by atoms with E-state index in [1.54, 1.807) is 25.4 Å². The summed E-state index contributed by atoms with van der Waals surface area (Å²) in [5, 5.41) is 3.97. The Morgan fingerprint density at radius 3 is 2.87 bits per heavy atom. The van der Waals surface area contributed by atoms with Gasteiger partial charge in [-0.15, -0.1) is 0 Å². The van der Waals surface area contributed by atoms with Crippen LogP contribution in [0.2, 0.25) is 0 Å². The van der Waals surface area contributed by atoms with Gasteiger partial charge in [0.05, 0.1) is 19.5 Å². The maximum absolute atomic E-state index is 12.8. The molecule has 2 aliphatic rings. The van der Waals surface area contributed by atoms with Crippen molar-refractivity contribution in [3.63, 3.8) is 0 Å². The first-order valence-electron chi connectivity index (χ1n) is 10.1. The number of amides is 1. The van der Waals surface area contributed by atoms with Gasteiger partial charge in [-0.2, -0.15) is 5.10 Å². The van der Waals surface area contributed by atoms with Gasteiger partial charge in [-0.3, -0.25) is 4.79 Å². The minimum atomic E-state index is -2.51. The molecule has 0 bridgehead atoms. The first kappa shape index (κ1) is 19.7. The SMILES string of the molecule is COc1cccc(C(=O)N2CC3(CCN(c4cnc5cnn(CC(F)F)c5n4)C3)C2)c1. The Balaban J connectivity index is 1.27. The number of aromatic nitrogens is 4. The molecule has 0 unspecified atom stereocenters. The number of carbonyl (C=O) groups excluding carboxylic acids is 1. The Labute approximate surface area is 177 Å². The monoisotopic (exact) mass is 428 g/mol. The molecule has 1 aromatic carbocycles. The van der Waals surface area contributed by atoms with E-state index < -0.39 is 13.0 Å². The largest absolute Gasteiger partial charge is 0.497 e. The molecular weight excluding hydrogens is 406 g/mol. The summed E-state index contributed by atoms with van der Waals surface area (Å²) in [5.74, 6) is 1.31. The second-order valence-corrected chi connectivity index (χ2v) is 8.22. The highest BCUT2D eigenvalue weighted by atomic mass is 19.3. The van der Waals surface area contributed by atoms with Gasteiger partial charge in [-0.1, -0.05) is 6.07 Å². The molecule has 0 saturated carbocycles. The third-order valence-corrected chi connectivity index (χ3v) is 6.06. The first-order chi connectivity index (χ1) is 15.0. The highest BCUT2D eigenvalue weighted by molar-refractivity contribution is 5.95. The fourth-order valence-electron chi connectivity index (χ4n) is 4.49. The zero-order chi connectivity index (χ0) is 21.6. The molecule has 2 saturated heterocycles. The van der Waals surface area contributed by atoms with Gasteiger partial charge in [-0.25, -0.2) is 23.4 Å². The predicted octanol–water partition coefficient (Wildman–Crippen LogP) is 2.45. The summed E-state index contributed by atoms with van der Waals surface area (Å²) in [6.07, 6.45) is 1.54. The predicted molar refractivity (Wildman–Crippen MR) is 109 cm³/mol. The Kier molecular flexibility index (Phi) is 4.71. The Hall–Kier alpha value is -3.30. The van der Waals surface area contributed by atoms with Gasteiger partial charge in [0.1, 0.15) is 23.6 Å². The Bertz CT molecular complexity index is 1130. The molecule has 3 aromatic rings. The number of hydrogen-bond donors (Lipinski definition) is 0. The number of nitrogens with zero attached hydrogens (tertiary/aromatic N) is 6. The van der Waals surface area contributed by atoms with Crippen LogP contribution in [0.1, 0.15) is 16.8 Å². The normalized spacial score (nSPS) is 17.5. The van der Waals surface area contributed by atoms with E-state index in [1.165, 1.54) is 10.9 Å². The number of likely N-dealkylation sites (tertiary alicyclic amines) is 1. The van der Waals surface area contributed by atoms with Crippen molar-refractivity contribution < 1.29 is 18.3 Å². The van der Waals surface area contributed by atoms with E-state index in [-0.39, 0.29) is 11.3 Å². The summed E-state index contributed by atoms with van der Waals surface area (Å²) in [7, 11) is 1.58. The topological polar surface area (TPSA) is 76.4 Å². The zero-order valence-electron chi connectivity index (χ0n) is 17.0. The minimum Gasteiger partial charge on any atom is -0.497 e. The number of halogens is 2.